The number of aldehydes is 1. The Hall–Kier alpha value is -2.75. The highest BCUT2D eigenvalue weighted by Gasteiger charge is 2.34. The Morgan fingerprint density at radius 3 is 2.33 bits per heavy atom. The lowest BCUT2D eigenvalue weighted by Gasteiger charge is -2.09. The number of hydrogen-bond acceptors (Lipinski definition) is 4. The van der Waals surface area contributed by atoms with Crippen LogP contribution in [0.3, 0.4) is 0 Å². The van der Waals surface area contributed by atoms with Gasteiger partial charge in [-0.05, 0) is 30.2 Å². The van der Waals surface area contributed by atoms with Gasteiger partial charge in [0.1, 0.15) is 0 Å². The van der Waals surface area contributed by atoms with Gasteiger partial charge in [-0.3, -0.25) is 4.79 Å². The molecule has 0 radical (unpaired) electrons. The fourth-order valence-electron chi connectivity index (χ4n) is 1.81. The normalized spacial score (nSPS) is 11.0. The molecular formula is C14H8F3N3O. The third-order valence-corrected chi connectivity index (χ3v) is 2.86. The predicted molar refractivity (Wildman–Crippen MR) is 67.3 cm³/mol. The molecule has 21 heavy (non-hydrogen) atoms. The van der Waals surface area contributed by atoms with Crippen molar-refractivity contribution in [3.05, 3.63) is 47.0 Å². The van der Waals surface area contributed by atoms with E-state index in [1.54, 1.807) is 13.0 Å². The minimum absolute atomic E-state index is 0.195. The first-order valence-corrected chi connectivity index (χ1v) is 5.76. The van der Waals surface area contributed by atoms with Crippen LogP contribution < -0.4 is 0 Å². The van der Waals surface area contributed by atoms with Crippen LogP contribution in [-0.2, 0) is 6.18 Å². The van der Waals surface area contributed by atoms with E-state index in [1.807, 2.05) is 6.07 Å². The van der Waals surface area contributed by atoms with E-state index >= 15 is 0 Å². The minimum atomic E-state index is -4.62. The molecule has 0 bridgehead atoms. The number of hydrogen-bond donors (Lipinski definition) is 0. The zero-order valence-corrected chi connectivity index (χ0v) is 10.8. The molecule has 0 atom stereocenters. The number of alkyl halides is 3. The van der Waals surface area contributed by atoms with E-state index in [4.69, 9.17) is 5.26 Å². The highest BCUT2D eigenvalue weighted by Crippen LogP contribution is 2.29. The molecule has 0 N–H and O–H groups in total. The van der Waals surface area contributed by atoms with Gasteiger partial charge in [0.05, 0.1) is 11.6 Å². The fraction of sp³-hybridized carbons (Fsp3) is 0.143. The third kappa shape index (κ3) is 2.89. The number of nitrogens with zero attached hydrogens (tertiary/aromatic N) is 3. The Morgan fingerprint density at radius 2 is 1.86 bits per heavy atom. The Morgan fingerprint density at radius 1 is 1.24 bits per heavy atom. The topological polar surface area (TPSA) is 66.6 Å². The van der Waals surface area contributed by atoms with Gasteiger partial charge in [-0.25, -0.2) is 9.97 Å². The first kappa shape index (κ1) is 14.7. The minimum Gasteiger partial charge on any atom is -0.298 e. The van der Waals surface area contributed by atoms with Crippen LogP contribution in [0, 0.1) is 18.3 Å². The Kier molecular flexibility index (Phi) is 3.72. The number of carbonyl (C=O) groups is 1. The second-order valence-corrected chi connectivity index (χ2v) is 4.28. The molecule has 0 unspecified atom stereocenters. The number of aryl methyl sites for hydroxylation is 1. The maximum atomic E-state index is 12.4. The molecular weight excluding hydrogens is 283 g/mol. The maximum absolute atomic E-state index is 12.4. The van der Waals surface area contributed by atoms with Crippen LogP contribution in [0.1, 0.15) is 27.3 Å². The Balaban J connectivity index is 2.54. The molecule has 0 saturated carbocycles. The molecule has 0 fully saturated rings. The molecule has 106 valence electrons. The van der Waals surface area contributed by atoms with Crippen molar-refractivity contribution in [1.82, 2.24) is 9.97 Å². The van der Waals surface area contributed by atoms with Crippen LogP contribution >= 0.6 is 0 Å². The molecule has 0 spiro atoms. The highest BCUT2D eigenvalue weighted by atomic mass is 19.4. The first-order valence-electron chi connectivity index (χ1n) is 5.76. The molecule has 7 heteroatoms. The van der Waals surface area contributed by atoms with Crippen LogP contribution in [0.4, 0.5) is 13.2 Å². The van der Waals surface area contributed by atoms with Gasteiger partial charge in [-0.2, -0.15) is 18.4 Å². The van der Waals surface area contributed by atoms with Gasteiger partial charge in [0.15, 0.2) is 6.29 Å². The fourth-order valence-corrected chi connectivity index (χ4v) is 1.81. The van der Waals surface area contributed by atoms with E-state index in [0.717, 1.165) is 12.4 Å². The highest BCUT2D eigenvalue weighted by molar-refractivity contribution is 5.88. The lowest BCUT2D eigenvalue weighted by molar-refractivity contribution is -0.144. The van der Waals surface area contributed by atoms with Crippen LogP contribution in [0.5, 0.6) is 0 Å². The molecule has 0 aliphatic heterocycles. The first-order chi connectivity index (χ1) is 9.86. The zero-order chi connectivity index (χ0) is 15.6. The van der Waals surface area contributed by atoms with Gasteiger partial charge in [0, 0.05) is 23.5 Å². The standard InChI is InChI=1S/C14H8F3N3O/c1-8-2-12(10(7-21)3-9(8)4-18)11-5-19-13(20-6-11)14(15,16)17/h2-3,5-7H,1H3. The summed E-state index contributed by atoms with van der Waals surface area (Å²) in [7, 11) is 0. The molecule has 0 saturated heterocycles. The van der Waals surface area contributed by atoms with Crippen molar-refractivity contribution < 1.29 is 18.0 Å². The van der Waals surface area contributed by atoms with Crippen LogP contribution in [0.15, 0.2) is 24.5 Å². The van der Waals surface area contributed by atoms with E-state index in [9.17, 15) is 18.0 Å². The maximum Gasteiger partial charge on any atom is 0.451 e. The summed E-state index contributed by atoms with van der Waals surface area (Å²) in [5.41, 5.74) is 1.79. The summed E-state index contributed by atoms with van der Waals surface area (Å²) in [4.78, 5) is 17.6. The summed E-state index contributed by atoms with van der Waals surface area (Å²) in [6.07, 6.45) is -2.08. The number of halogens is 3. The number of carbonyl (C=O) groups excluding carboxylic acids is 1. The molecule has 1 aromatic carbocycles. The van der Waals surface area contributed by atoms with E-state index in [2.05, 4.69) is 9.97 Å². The number of nitriles is 1. The van der Waals surface area contributed by atoms with Gasteiger partial charge in [-0.15, -0.1) is 0 Å². The summed E-state index contributed by atoms with van der Waals surface area (Å²) in [5, 5.41) is 8.91. The molecule has 2 aromatic rings. The SMILES string of the molecule is Cc1cc(-c2cnc(C(F)(F)F)nc2)c(C=O)cc1C#N. The molecule has 1 heterocycles. The molecule has 0 aliphatic rings. The van der Waals surface area contributed by atoms with Crippen LogP contribution in [0.2, 0.25) is 0 Å². The number of rotatable bonds is 2. The van der Waals surface area contributed by atoms with Gasteiger partial charge < -0.3 is 0 Å². The molecule has 2 rings (SSSR count). The summed E-state index contributed by atoms with van der Waals surface area (Å²) in [6, 6.07) is 4.87. The van der Waals surface area contributed by atoms with E-state index < -0.39 is 12.0 Å². The molecule has 0 amide bonds. The average molecular weight is 291 g/mol. The smallest absolute Gasteiger partial charge is 0.298 e. The van der Waals surface area contributed by atoms with E-state index in [-0.39, 0.29) is 11.1 Å². The third-order valence-electron chi connectivity index (χ3n) is 2.86. The Labute approximate surface area is 117 Å². The van der Waals surface area contributed by atoms with Crippen molar-refractivity contribution in [2.75, 3.05) is 0 Å². The zero-order valence-electron chi connectivity index (χ0n) is 10.8. The number of benzene rings is 1. The Bertz CT molecular complexity index is 731. The van der Waals surface area contributed by atoms with E-state index in [1.165, 1.54) is 6.07 Å². The van der Waals surface area contributed by atoms with Crippen molar-refractivity contribution in [2.45, 2.75) is 13.1 Å². The van der Waals surface area contributed by atoms with Crippen molar-refractivity contribution in [3.8, 4) is 17.2 Å². The number of aromatic nitrogens is 2. The molecule has 1 aromatic heterocycles. The molecule has 0 aliphatic carbocycles. The lowest BCUT2D eigenvalue weighted by Crippen LogP contribution is -2.10. The monoisotopic (exact) mass is 291 g/mol. The van der Waals surface area contributed by atoms with Gasteiger partial charge in [0.25, 0.3) is 0 Å². The van der Waals surface area contributed by atoms with Crippen LogP contribution in [-0.4, -0.2) is 16.3 Å². The quantitative estimate of drug-likeness (QED) is 0.797. The summed E-state index contributed by atoms with van der Waals surface area (Å²) < 4.78 is 37.2. The largest absolute Gasteiger partial charge is 0.451 e. The van der Waals surface area contributed by atoms with Gasteiger partial charge in [0.2, 0.25) is 5.82 Å². The lowest BCUT2D eigenvalue weighted by atomic mass is 9.97. The van der Waals surface area contributed by atoms with Crippen molar-refractivity contribution >= 4 is 6.29 Å². The summed E-state index contributed by atoms with van der Waals surface area (Å²) >= 11 is 0. The predicted octanol–water partition coefficient (Wildman–Crippen LogP) is 3.16. The van der Waals surface area contributed by atoms with Crippen LogP contribution in [0.25, 0.3) is 11.1 Å². The second kappa shape index (κ2) is 5.32. The summed E-state index contributed by atoms with van der Waals surface area (Å²) in [5.74, 6) is -1.25. The summed E-state index contributed by atoms with van der Waals surface area (Å²) in [6.45, 7) is 1.67. The van der Waals surface area contributed by atoms with Crippen molar-refractivity contribution in [2.24, 2.45) is 0 Å². The molecule has 4 nitrogen and oxygen atoms in total. The van der Waals surface area contributed by atoms with Gasteiger partial charge >= 0.3 is 6.18 Å². The van der Waals surface area contributed by atoms with Gasteiger partial charge in [-0.1, -0.05) is 0 Å². The average Bonchev–Trinajstić information content (AvgIpc) is 2.46. The van der Waals surface area contributed by atoms with Crippen molar-refractivity contribution in [1.29, 1.82) is 5.26 Å². The van der Waals surface area contributed by atoms with E-state index in [0.29, 0.717) is 23.0 Å². The van der Waals surface area contributed by atoms with Crippen molar-refractivity contribution in [3.63, 3.8) is 0 Å². The second-order valence-electron chi connectivity index (χ2n) is 4.28.